The summed E-state index contributed by atoms with van der Waals surface area (Å²) in [5, 5.41) is 0.624. The monoisotopic (exact) mass is 460 g/mol. The molecule has 27 heavy (non-hydrogen) atoms. The maximum Gasteiger partial charge on any atom is 0.287 e. The molecule has 0 unspecified atom stereocenters. The van der Waals surface area contributed by atoms with Crippen molar-refractivity contribution in [1.82, 2.24) is 4.57 Å². The number of Topliss-reactive ketones (excluding diaryl/α,β-unsaturated/α-hetero) is 1. The molecular weight excluding hydrogens is 447 g/mol. The van der Waals surface area contributed by atoms with E-state index in [0.717, 1.165) is 21.4 Å². The van der Waals surface area contributed by atoms with Crippen molar-refractivity contribution in [2.45, 2.75) is 6.54 Å². The minimum atomic E-state index is 0. The number of ketones is 1. The van der Waals surface area contributed by atoms with Gasteiger partial charge in [-0.2, -0.15) is 0 Å². The zero-order valence-electron chi connectivity index (χ0n) is 14.1. The van der Waals surface area contributed by atoms with Crippen LogP contribution in [-0.4, -0.2) is 10.4 Å². The first-order chi connectivity index (χ1) is 12.6. The maximum atomic E-state index is 12.8. The first-order valence-corrected chi connectivity index (χ1v) is 9.33. The topological polar surface area (TPSA) is 26.1 Å². The average molecular weight is 462 g/mol. The Kier molecular flexibility index (Phi) is 6.00. The fourth-order valence-electron chi connectivity index (χ4n) is 3.00. The maximum absolute atomic E-state index is 12.8. The van der Waals surface area contributed by atoms with Crippen molar-refractivity contribution in [3.8, 4) is 11.3 Å². The van der Waals surface area contributed by atoms with E-state index in [9.17, 15) is 4.79 Å². The van der Waals surface area contributed by atoms with E-state index in [4.69, 9.17) is 11.6 Å². The van der Waals surface area contributed by atoms with Gasteiger partial charge < -0.3 is 12.4 Å². The first-order valence-electron chi connectivity index (χ1n) is 8.16. The molecule has 0 aliphatic heterocycles. The van der Waals surface area contributed by atoms with Crippen LogP contribution in [0.3, 0.4) is 0 Å². The molecule has 0 N–H and O–H groups in total. The fraction of sp³-hybridized carbons (Fsp3) is 0.0476. The number of fused-ring (bicyclic) bond motifs is 1. The summed E-state index contributed by atoms with van der Waals surface area (Å²) in [5.41, 5.74) is 3.67. The van der Waals surface area contributed by atoms with Gasteiger partial charge in [-0.3, -0.25) is 4.79 Å². The summed E-state index contributed by atoms with van der Waals surface area (Å²) in [5.74, 6) is 0.0435. The molecule has 0 spiro atoms. The van der Waals surface area contributed by atoms with Gasteiger partial charge in [0.25, 0.3) is 5.65 Å². The summed E-state index contributed by atoms with van der Waals surface area (Å²) in [6.07, 6.45) is 4.04. The molecule has 0 aliphatic carbocycles. The fourth-order valence-corrected chi connectivity index (χ4v) is 3.39. The average Bonchev–Trinajstić information content (AvgIpc) is 3.01. The third-order valence-electron chi connectivity index (χ3n) is 4.30. The lowest BCUT2D eigenvalue weighted by atomic mass is 10.1. The second-order valence-corrected chi connectivity index (χ2v) is 7.36. The summed E-state index contributed by atoms with van der Waals surface area (Å²) in [7, 11) is 0. The zero-order chi connectivity index (χ0) is 18.1. The number of nitrogens with zero attached hydrogens (tertiary/aromatic N) is 2. The summed E-state index contributed by atoms with van der Waals surface area (Å²) >= 11 is 9.40. The Morgan fingerprint density at radius 2 is 1.70 bits per heavy atom. The quantitative estimate of drug-likeness (QED) is 0.338. The number of hydrogen-bond donors (Lipinski definition) is 0. The highest BCUT2D eigenvalue weighted by atomic mass is 79.9. The predicted molar refractivity (Wildman–Crippen MR) is 107 cm³/mol. The molecule has 2 heterocycles. The van der Waals surface area contributed by atoms with Gasteiger partial charge in [0.1, 0.15) is 6.20 Å². The highest BCUT2D eigenvalue weighted by molar-refractivity contribution is 9.10. The largest absolute Gasteiger partial charge is 1.00 e. The van der Waals surface area contributed by atoms with E-state index >= 15 is 0 Å². The van der Waals surface area contributed by atoms with Gasteiger partial charge in [0, 0.05) is 26.7 Å². The minimum Gasteiger partial charge on any atom is -1.00 e. The second kappa shape index (κ2) is 8.26. The Bertz CT molecular complexity index is 1090. The van der Waals surface area contributed by atoms with Crippen LogP contribution < -0.4 is 16.8 Å². The number of imidazole rings is 1. The van der Waals surface area contributed by atoms with Crippen molar-refractivity contribution in [2.24, 2.45) is 0 Å². The SMILES string of the molecule is O=C(Cn1c(-c2ccc(Br)cc2)c[n+]2ccccc12)c1ccc(Cl)cc1.[Cl-]. The number of pyridine rings is 1. The van der Waals surface area contributed by atoms with E-state index in [1.807, 2.05) is 63.8 Å². The van der Waals surface area contributed by atoms with E-state index in [0.29, 0.717) is 10.6 Å². The van der Waals surface area contributed by atoms with Crippen molar-refractivity contribution in [2.75, 3.05) is 0 Å². The smallest absolute Gasteiger partial charge is 0.287 e. The number of aromatic nitrogens is 2. The van der Waals surface area contributed by atoms with Crippen LogP contribution in [0.2, 0.25) is 5.02 Å². The standard InChI is InChI=1S/C21H15BrClN2O.ClH/c22-17-8-4-15(5-9-17)19-13-24-12-2-1-3-21(24)25(19)14-20(26)16-6-10-18(23)11-7-16;/h1-13H,14H2;1H/q+1;/p-1. The van der Waals surface area contributed by atoms with Gasteiger partial charge in [0.05, 0.1) is 6.20 Å². The van der Waals surface area contributed by atoms with Crippen molar-refractivity contribution in [3.63, 3.8) is 0 Å². The molecule has 0 amide bonds. The van der Waals surface area contributed by atoms with Crippen molar-refractivity contribution in [1.29, 1.82) is 0 Å². The molecule has 0 saturated heterocycles. The summed E-state index contributed by atoms with van der Waals surface area (Å²) < 4.78 is 5.10. The Labute approximate surface area is 176 Å². The zero-order valence-corrected chi connectivity index (χ0v) is 17.2. The van der Waals surface area contributed by atoms with Crippen LogP contribution in [0.15, 0.2) is 83.6 Å². The molecule has 0 aliphatic rings. The van der Waals surface area contributed by atoms with Gasteiger partial charge in [-0.1, -0.05) is 33.6 Å². The molecule has 3 nitrogen and oxygen atoms in total. The molecule has 4 aromatic rings. The van der Waals surface area contributed by atoms with E-state index in [-0.39, 0.29) is 24.7 Å². The number of halogens is 3. The lowest BCUT2D eigenvalue weighted by Gasteiger charge is -2.04. The van der Waals surface area contributed by atoms with E-state index in [1.54, 1.807) is 24.3 Å². The van der Waals surface area contributed by atoms with Crippen LogP contribution in [0.4, 0.5) is 0 Å². The Morgan fingerprint density at radius 1 is 1.00 bits per heavy atom. The summed E-state index contributed by atoms with van der Waals surface area (Å²) in [6, 6.07) is 21.1. The summed E-state index contributed by atoms with van der Waals surface area (Å²) in [4.78, 5) is 12.8. The molecule has 0 bridgehead atoms. The van der Waals surface area contributed by atoms with Crippen molar-refractivity contribution < 1.29 is 21.6 Å². The molecule has 0 atom stereocenters. The Hall–Kier alpha value is -2.14. The highest BCUT2D eigenvalue weighted by Crippen LogP contribution is 2.23. The van der Waals surface area contributed by atoms with E-state index in [2.05, 4.69) is 15.9 Å². The third-order valence-corrected chi connectivity index (χ3v) is 5.08. The van der Waals surface area contributed by atoms with Gasteiger partial charge in [-0.15, -0.1) is 0 Å². The van der Waals surface area contributed by atoms with E-state index < -0.39 is 0 Å². The van der Waals surface area contributed by atoms with Crippen LogP contribution >= 0.6 is 27.5 Å². The number of carbonyl (C=O) groups excluding carboxylic acids is 1. The lowest BCUT2D eigenvalue weighted by molar-refractivity contribution is -0.510. The van der Waals surface area contributed by atoms with Gasteiger partial charge >= 0.3 is 0 Å². The lowest BCUT2D eigenvalue weighted by Crippen LogP contribution is -3.00. The number of hydrogen-bond acceptors (Lipinski definition) is 1. The van der Waals surface area contributed by atoms with Crippen LogP contribution in [-0.2, 0) is 6.54 Å². The van der Waals surface area contributed by atoms with Crippen LogP contribution in [0, 0.1) is 0 Å². The molecular formula is C21H15BrCl2N2O. The summed E-state index contributed by atoms with van der Waals surface area (Å²) in [6.45, 7) is 0.257. The molecule has 2 aromatic carbocycles. The Balaban J connectivity index is 0.00000210. The molecule has 136 valence electrons. The normalized spacial score (nSPS) is 10.6. The van der Waals surface area contributed by atoms with Crippen LogP contribution in [0.5, 0.6) is 0 Å². The predicted octanol–water partition coefficient (Wildman–Crippen LogP) is 2.20. The molecule has 6 heteroatoms. The molecule has 0 radical (unpaired) electrons. The number of carbonyl (C=O) groups is 1. The first kappa shape index (κ1) is 19.6. The third kappa shape index (κ3) is 4.08. The van der Waals surface area contributed by atoms with Gasteiger partial charge in [-0.25, -0.2) is 8.97 Å². The van der Waals surface area contributed by atoms with Gasteiger partial charge in [-0.05, 0) is 54.6 Å². The van der Waals surface area contributed by atoms with Crippen LogP contribution in [0.1, 0.15) is 10.4 Å². The van der Waals surface area contributed by atoms with Gasteiger partial charge in [0.15, 0.2) is 12.2 Å². The molecule has 2 aromatic heterocycles. The highest BCUT2D eigenvalue weighted by Gasteiger charge is 2.21. The second-order valence-electron chi connectivity index (χ2n) is 6.00. The molecule has 0 fully saturated rings. The number of rotatable bonds is 4. The molecule has 0 saturated carbocycles. The van der Waals surface area contributed by atoms with Gasteiger partial charge in [0.2, 0.25) is 5.78 Å². The minimum absolute atomic E-state index is 0. The van der Waals surface area contributed by atoms with Crippen molar-refractivity contribution in [3.05, 3.63) is 94.2 Å². The van der Waals surface area contributed by atoms with E-state index in [1.165, 1.54) is 0 Å². The number of benzene rings is 2. The Morgan fingerprint density at radius 3 is 2.41 bits per heavy atom. The van der Waals surface area contributed by atoms with Crippen LogP contribution in [0.25, 0.3) is 16.9 Å². The molecule has 4 rings (SSSR count). The van der Waals surface area contributed by atoms with Crippen molar-refractivity contribution >= 4 is 39.0 Å².